The topological polar surface area (TPSA) is 110 Å². The maximum absolute atomic E-state index is 14.7. The summed E-state index contributed by atoms with van der Waals surface area (Å²) in [5.74, 6) is -0.986. The molecule has 1 aromatic carbocycles. The minimum Gasteiger partial charge on any atom is -0.391 e. The number of hydrogen-bond donors (Lipinski definition) is 2. The molecular formula is C20H21BrFN5O3. The van der Waals surface area contributed by atoms with E-state index in [-0.39, 0.29) is 35.8 Å². The minimum absolute atomic E-state index is 0.112. The zero-order valence-corrected chi connectivity index (χ0v) is 18.2. The van der Waals surface area contributed by atoms with Crippen LogP contribution in [0.4, 0.5) is 14.9 Å². The number of rotatable bonds is 4. The standard InChI is InChI=1S/C20H21BrFN5O3/c1-11(2)27-10-20(3,26-17(23)18(27)28)14-8-13(5-6-15(14)22)25-19(29)30-16-7-4-12(21)9-24-16/h4-9,11H,10H2,1-3H3,(H2,23,26)(H,25,29). The number of aromatic nitrogens is 1. The lowest BCUT2D eigenvalue weighted by Crippen LogP contribution is -2.54. The number of carbonyl (C=O) groups is 2. The number of amidine groups is 1. The molecule has 8 nitrogen and oxygen atoms in total. The summed E-state index contributed by atoms with van der Waals surface area (Å²) >= 11 is 3.25. The zero-order chi connectivity index (χ0) is 22.1. The summed E-state index contributed by atoms with van der Waals surface area (Å²) in [7, 11) is 0. The number of pyridine rings is 1. The average Bonchev–Trinajstić information content (AvgIpc) is 2.68. The third-order valence-electron chi connectivity index (χ3n) is 4.64. The number of amides is 2. The van der Waals surface area contributed by atoms with E-state index in [1.807, 2.05) is 13.8 Å². The fraction of sp³-hybridized carbons (Fsp3) is 0.300. The summed E-state index contributed by atoms with van der Waals surface area (Å²) in [5, 5.41) is 2.54. The van der Waals surface area contributed by atoms with E-state index < -0.39 is 17.4 Å². The molecule has 1 aromatic heterocycles. The van der Waals surface area contributed by atoms with Crippen LogP contribution in [0.1, 0.15) is 26.3 Å². The van der Waals surface area contributed by atoms with Gasteiger partial charge >= 0.3 is 6.09 Å². The molecule has 1 aliphatic heterocycles. The molecule has 158 valence electrons. The Labute approximate surface area is 181 Å². The normalized spacial score (nSPS) is 18.9. The van der Waals surface area contributed by atoms with Gasteiger partial charge in [-0.05, 0) is 61.0 Å². The largest absolute Gasteiger partial charge is 0.418 e. The molecule has 30 heavy (non-hydrogen) atoms. The van der Waals surface area contributed by atoms with E-state index >= 15 is 0 Å². The molecule has 3 N–H and O–H groups in total. The number of nitrogens with one attached hydrogen (secondary N) is 1. The molecule has 1 atom stereocenters. The van der Waals surface area contributed by atoms with Gasteiger partial charge in [0.05, 0.1) is 6.54 Å². The SMILES string of the molecule is CC(C)N1CC(C)(c2cc(NC(=O)Oc3ccc(Br)cn3)ccc2F)N=C(N)C1=O. The Morgan fingerprint density at radius 2 is 2.10 bits per heavy atom. The highest BCUT2D eigenvalue weighted by Gasteiger charge is 2.40. The van der Waals surface area contributed by atoms with Crippen LogP contribution in [0.3, 0.4) is 0 Å². The number of ether oxygens (including phenoxy) is 1. The summed E-state index contributed by atoms with van der Waals surface area (Å²) in [6.07, 6.45) is 0.713. The fourth-order valence-electron chi connectivity index (χ4n) is 3.14. The summed E-state index contributed by atoms with van der Waals surface area (Å²) < 4.78 is 20.6. The van der Waals surface area contributed by atoms with E-state index in [1.165, 1.54) is 35.4 Å². The van der Waals surface area contributed by atoms with Crippen LogP contribution in [-0.4, -0.2) is 40.3 Å². The van der Waals surface area contributed by atoms with E-state index in [1.54, 1.807) is 13.0 Å². The molecular weight excluding hydrogens is 457 g/mol. The number of nitrogens with zero attached hydrogens (tertiary/aromatic N) is 3. The molecule has 0 fully saturated rings. The molecule has 0 bridgehead atoms. The van der Waals surface area contributed by atoms with Crippen LogP contribution in [-0.2, 0) is 10.3 Å². The Balaban J connectivity index is 1.85. The molecule has 0 saturated carbocycles. The van der Waals surface area contributed by atoms with Gasteiger partial charge in [0.2, 0.25) is 5.88 Å². The van der Waals surface area contributed by atoms with Crippen molar-refractivity contribution in [1.29, 1.82) is 0 Å². The number of hydrogen-bond acceptors (Lipinski definition) is 6. The van der Waals surface area contributed by atoms with Gasteiger partial charge in [-0.2, -0.15) is 0 Å². The summed E-state index contributed by atoms with van der Waals surface area (Å²) in [4.78, 5) is 34.2. The number of halogens is 2. The zero-order valence-electron chi connectivity index (χ0n) is 16.6. The summed E-state index contributed by atoms with van der Waals surface area (Å²) in [6, 6.07) is 7.15. The van der Waals surface area contributed by atoms with E-state index in [0.29, 0.717) is 5.69 Å². The van der Waals surface area contributed by atoms with Gasteiger partial charge in [0.15, 0.2) is 5.84 Å². The van der Waals surface area contributed by atoms with Crippen LogP contribution in [0.5, 0.6) is 5.88 Å². The second-order valence-corrected chi connectivity index (χ2v) is 8.24. The number of carbonyl (C=O) groups excluding carboxylic acids is 2. The van der Waals surface area contributed by atoms with Crippen LogP contribution in [0.15, 0.2) is 46.0 Å². The molecule has 3 rings (SSSR count). The molecule has 0 saturated heterocycles. The van der Waals surface area contributed by atoms with Crippen molar-refractivity contribution in [2.45, 2.75) is 32.4 Å². The maximum Gasteiger partial charge on any atom is 0.418 e. The van der Waals surface area contributed by atoms with Crippen LogP contribution in [0.25, 0.3) is 0 Å². The smallest absolute Gasteiger partial charge is 0.391 e. The van der Waals surface area contributed by atoms with Crippen molar-refractivity contribution in [2.24, 2.45) is 10.7 Å². The van der Waals surface area contributed by atoms with Crippen molar-refractivity contribution in [1.82, 2.24) is 9.88 Å². The van der Waals surface area contributed by atoms with Crippen molar-refractivity contribution in [3.8, 4) is 5.88 Å². The lowest BCUT2D eigenvalue weighted by atomic mass is 9.89. The van der Waals surface area contributed by atoms with Gasteiger partial charge in [0.1, 0.15) is 11.4 Å². The van der Waals surface area contributed by atoms with Gasteiger partial charge in [0.25, 0.3) is 5.91 Å². The molecule has 2 amide bonds. The first-order valence-corrected chi connectivity index (χ1v) is 9.95. The second-order valence-electron chi connectivity index (χ2n) is 7.32. The van der Waals surface area contributed by atoms with Crippen molar-refractivity contribution < 1.29 is 18.7 Å². The minimum atomic E-state index is -1.11. The first-order chi connectivity index (χ1) is 14.1. The second kappa shape index (κ2) is 8.39. The molecule has 0 radical (unpaired) electrons. The maximum atomic E-state index is 14.7. The number of anilines is 1. The molecule has 2 heterocycles. The number of aliphatic imine (C=N–C) groups is 1. The predicted octanol–water partition coefficient (Wildman–Crippen LogP) is 3.42. The summed E-state index contributed by atoms with van der Waals surface area (Å²) in [5.41, 5.74) is 5.21. The Bertz CT molecular complexity index is 1010. The van der Waals surface area contributed by atoms with Crippen molar-refractivity contribution >= 4 is 39.5 Å². The van der Waals surface area contributed by atoms with Crippen molar-refractivity contribution in [3.05, 3.63) is 52.4 Å². The molecule has 0 aliphatic carbocycles. The van der Waals surface area contributed by atoms with Gasteiger partial charge in [-0.25, -0.2) is 14.2 Å². The molecule has 10 heteroatoms. The Hall–Kier alpha value is -3.01. The van der Waals surface area contributed by atoms with Crippen LogP contribution in [0.2, 0.25) is 0 Å². The van der Waals surface area contributed by atoms with Crippen molar-refractivity contribution in [2.75, 3.05) is 11.9 Å². The highest BCUT2D eigenvalue weighted by Crippen LogP contribution is 2.34. The van der Waals surface area contributed by atoms with E-state index in [4.69, 9.17) is 10.5 Å². The van der Waals surface area contributed by atoms with Crippen LogP contribution in [0, 0.1) is 5.82 Å². The Morgan fingerprint density at radius 3 is 2.73 bits per heavy atom. The Kier molecular flexibility index (Phi) is 6.06. The van der Waals surface area contributed by atoms with Gasteiger partial charge in [-0.1, -0.05) is 0 Å². The Morgan fingerprint density at radius 1 is 1.37 bits per heavy atom. The molecule has 1 aliphatic rings. The highest BCUT2D eigenvalue weighted by molar-refractivity contribution is 9.10. The molecule has 2 aromatic rings. The third kappa shape index (κ3) is 4.59. The highest BCUT2D eigenvalue weighted by atomic mass is 79.9. The number of nitrogens with two attached hydrogens (primary N) is 1. The lowest BCUT2D eigenvalue weighted by molar-refractivity contribution is -0.127. The number of benzene rings is 1. The lowest BCUT2D eigenvalue weighted by Gasteiger charge is -2.39. The van der Waals surface area contributed by atoms with Gasteiger partial charge in [0, 0.05) is 34.0 Å². The predicted molar refractivity (Wildman–Crippen MR) is 114 cm³/mol. The molecule has 1 unspecified atom stereocenters. The monoisotopic (exact) mass is 477 g/mol. The first-order valence-electron chi connectivity index (χ1n) is 9.16. The van der Waals surface area contributed by atoms with Gasteiger partial charge in [-0.15, -0.1) is 0 Å². The first kappa shape index (κ1) is 21.7. The van der Waals surface area contributed by atoms with Crippen molar-refractivity contribution in [3.63, 3.8) is 0 Å². The molecule has 0 spiro atoms. The fourth-order valence-corrected chi connectivity index (χ4v) is 3.37. The summed E-state index contributed by atoms with van der Waals surface area (Å²) in [6.45, 7) is 5.53. The van der Waals surface area contributed by atoms with Gasteiger partial charge in [-0.3, -0.25) is 15.1 Å². The van der Waals surface area contributed by atoms with E-state index in [2.05, 4.69) is 31.2 Å². The third-order valence-corrected chi connectivity index (χ3v) is 5.11. The van der Waals surface area contributed by atoms with Gasteiger partial charge < -0.3 is 15.4 Å². The van der Waals surface area contributed by atoms with Crippen LogP contribution >= 0.6 is 15.9 Å². The average molecular weight is 478 g/mol. The van der Waals surface area contributed by atoms with E-state index in [9.17, 15) is 14.0 Å². The van der Waals surface area contributed by atoms with E-state index in [0.717, 1.165) is 4.47 Å². The quantitative estimate of drug-likeness (QED) is 0.700. The van der Waals surface area contributed by atoms with Crippen LogP contribution < -0.4 is 15.8 Å².